The molecule has 4 heterocycles. The monoisotopic (exact) mass is 365 g/mol. The Morgan fingerprint density at radius 1 is 1.38 bits per heavy atom. The summed E-state index contributed by atoms with van der Waals surface area (Å²) in [5.74, 6) is 0.507. The Balaban J connectivity index is 1.54. The highest BCUT2D eigenvalue weighted by molar-refractivity contribution is 7.92. The summed E-state index contributed by atoms with van der Waals surface area (Å²) in [6.07, 6.45) is 5.01. The molecule has 0 saturated carbocycles. The maximum Gasteiger partial charge on any atom is 0.270 e. The minimum atomic E-state index is -3.24. The van der Waals surface area contributed by atoms with Crippen LogP contribution in [0.15, 0.2) is 22.5 Å². The average Bonchev–Trinajstić information content (AvgIpc) is 3.09. The predicted molar refractivity (Wildman–Crippen MR) is 93.1 cm³/mol. The second-order valence-corrected chi connectivity index (χ2v) is 10.1. The first-order valence-corrected chi connectivity index (χ1v) is 10.7. The van der Waals surface area contributed by atoms with Gasteiger partial charge in [-0.3, -0.25) is 9.78 Å². The summed E-state index contributed by atoms with van der Waals surface area (Å²) in [4.78, 5) is 19.1. The van der Waals surface area contributed by atoms with Crippen molar-refractivity contribution in [1.82, 2.24) is 15.2 Å². The lowest BCUT2D eigenvalue weighted by Crippen LogP contribution is -2.47. The van der Waals surface area contributed by atoms with Crippen molar-refractivity contribution in [2.45, 2.75) is 23.1 Å². The Morgan fingerprint density at radius 2 is 2.21 bits per heavy atom. The van der Waals surface area contributed by atoms with Crippen molar-refractivity contribution in [3.63, 3.8) is 0 Å². The molecule has 3 atom stereocenters. The van der Waals surface area contributed by atoms with Gasteiger partial charge in [0.15, 0.2) is 9.84 Å². The van der Waals surface area contributed by atoms with Crippen LogP contribution in [0.2, 0.25) is 0 Å². The van der Waals surface area contributed by atoms with Gasteiger partial charge < -0.3 is 10.2 Å². The number of carbonyl (C=O) groups excluding carboxylic acids is 1. The SMILES string of the molecule is CS(=O)(=O)c1cc2cnc(C(=O)N[C@@H]3C[C@@H]4CCN(C4)C3)cc2s1. The molecule has 0 spiro atoms. The third-order valence-corrected chi connectivity index (χ3v) is 7.68. The molecule has 2 aliphatic heterocycles. The molecule has 1 N–H and O–H groups in total. The third-order valence-electron chi connectivity index (χ3n) is 4.78. The normalized spacial score (nSPS) is 26.6. The summed E-state index contributed by atoms with van der Waals surface area (Å²) in [5.41, 5.74) is 0.345. The van der Waals surface area contributed by atoms with Crippen LogP contribution in [0.4, 0.5) is 0 Å². The quantitative estimate of drug-likeness (QED) is 0.892. The molecule has 1 amide bonds. The number of hydrogen-bond acceptors (Lipinski definition) is 6. The minimum absolute atomic E-state index is 0.172. The molecular weight excluding hydrogens is 346 g/mol. The molecule has 24 heavy (non-hydrogen) atoms. The molecular formula is C16H19N3O3S2. The molecule has 2 saturated heterocycles. The number of nitrogens with one attached hydrogen (secondary N) is 1. The van der Waals surface area contributed by atoms with E-state index in [4.69, 9.17) is 0 Å². The number of hydrogen-bond donors (Lipinski definition) is 1. The minimum Gasteiger partial charge on any atom is -0.347 e. The standard InChI is InChI=1S/C16H19N3O3S2/c1-24(21,22)15-5-11-7-17-13(6-14(11)23-15)16(20)18-12-4-10-2-3-19(8-10)9-12/h5-7,10,12H,2-4,8-9H2,1H3,(H,18,20)/t10-,12+/m0/s1. The van der Waals surface area contributed by atoms with Gasteiger partial charge in [0.1, 0.15) is 9.90 Å². The first kappa shape index (κ1) is 16.0. The zero-order valence-electron chi connectivity index (χ0n) is 13.4. The van der Waals surface area contributed by atoms with Crippen LogP contribution in [0.25, 0.3) is 10.1 Å². The predicted octanol–water partition coefficient (Wildman–Crippen LogP) is 1.52. The Kier molecular flexibility index (Phi) is 3.85. The van der Waals surface area contributed by atoms with Crippen LogP contribution in [-0.2, 0) is 9.84 Å². The van der Waals surface area contributed by atoms with Crippen LogP contribution >= 0.6 is 11.3 Å². The highest BCUT2D eigenvalue weighted by Crippen LogP contribution is 2.29. The van der Waals surface area contributed by atoms with Gasteiger partial charge in [0.2, 0.25) is 0 Å². The van der Waals surface area contributed by atoms with E-state index in [1.807, 2.05) is 0 Å². The molecule has 0 aliphatic carbocycles. The average molecular weight is 365 g/mol. The van der Waals surface area contributed by atoms with E-state index in [0.717, 1.165) is 36.1 Å². The van der Waals surface area contributed by atoms with Crippen molar-refractivity contribution >= 4 is 37.2 Å². The van der Waals surface area contributed by atoms with E-state index in [0.29, 0.717) is 15.8 Å². The molecule has 2 aromatic heterocycles. The number of carbonyl (C=O) groups is 1. The molecule has 2 bridgehead atoms. The van der Waals surface area contributed by atoms with E-state index >= 15 is 0 Å². The fraction of sp³-hybridized carbons (Fsp3) is 0.500. The topological polar surface area (TPSA) is 79.4 Å². The summed E-state index contributed by atoms with van der Waals surface area (Å²) < 4.78 is 24.4. The van der Waals surface area contributed by atoms with Gasteiger partial charge >= 0.3 is 0 Å². The fourth-order valence-electron chi connectivity index (χ4n) is 3.64. The number of sulfone groups is 1. The molecule has 4 rings (SSSR count). The van der Waals surface area contributed by atoms with Crippen molar-refractivity contribution in [2.24, 2.45) is 5.92 Å². The maximum atomic E-state index is 12.5. The lowest BCUT2D eigenvalue weighted by atomic mass is 9.97. The third kappa shape index (κ3) is 3.05. The molecule has 0 aromatic carbocycles. The van der Waals surface area contributed by atoms with Gasteiger partial charge in [-0.25, -0.2) is 8.42 Å². The first-order chi connectivity index (χ1) is 11.4. The molecule has 6 nitrogen and oxygen atoms in total. The summed E-state index contributed by atoms with van der Waals surface area (Å²) in [7, 11) is -3.24. The van der Waals surface area contributed by atoms with E-state index in [9.17, 15) is 13.2 Å². The Bertz CT molecular complexity index is 894. The number of pyridine rings is 1. The van der Waals surface area contributed by atoms with Crippen LogP contribution in [0.5, 0.6) is 0 Å². The Labute approximate surface area is 144 Å². The summed E-state index contributed by atoms with van der Waals surface area (Å²) in [6, 6.07) is 3.46. The number of nitrogens with zero attached hydrogens (tertiary/aromatic N) is 2. The van der Waals surface area contributed by atoms with Gasteiger partial charge in [0.05, 0.1) is 0 Å². The van der Waals surface area contributed by atoms with Crippen LogP contribution in [0.3, 0.4) is 0 Å². The van der Waals surface area contributed by atoms with Crippen molar-refractivity contribution in [1.29, 1.82) is 0 Å². The second kappa shape index (κ2) is 5.79. The van der Waals surface area contributed by atoms with Crippen LogP contribution in [0.1, 0.15) is 23.3 Å². The van der Waals surface area contributed by atoms with Crippen molar-refractivity contribution in [3.8, 4) is 0 Å². The zero-order chi connectivity index (χ0) is 16.9. The molecule has 128 valence electrons. The van der Waals surface area contributed by atoms with E-state index in [-0.39, 0.29) is 11.9 Å². The summed E-state index contributed by atoms with van der Waals surface area (Å²) in [6.45, 7) is 3.19. The lowest BCUT2D eigenvalue weighted by Gasteiger charge is -2.30. The van der Waals surface area contributed by atoms with Crippen molar-refractivity contribution in [2.75, 3.05) is 25.9 Å². The largest absolute Gasteiger partial charge is 0.347 e. The number of aromatic nitrogens is 1. The number of piperidine rings is 1. The van der Waals surface area contributed by atoms with Gasteiger partial charge in [0.25, 0.3) is 5.91 Å². The Hall–Kier alpha value is -1.51. The molecule has 2 aromatic rings. The van der Waals surface area contributed by atoms with E-state index in [1.54, 1.807) is 18.3 Å². The molecule has 2 aliphatic rings. The number of amides is 1. The van der Waals surface area contributed by atoms with E-state index < -0.39 is 9.84 Å². The molecule has 0 radical (unpaired) electrons. The first-order valence-electron chi connectivity index (χ1n) is 8.01. The van der Waals surface area contributed by atoms with Gasteiger partial charge in [-0.15, -0.1) is 11.3 Å². The zero-order valence-corrected chi connectivity index (χ0v) is 15.0. The summed E-state index contributed by atoms with van der Waals surface area (Å²) in [5, 5.41) is 3.83. The fourth-order valence-corrected chi connectivity index (χ4v) is 5.66. The van der Waals surface area contributed by atoms with Gasteiger partial charge in [-0.1, -0.05) is 0 Å². The van der Waals surface area contributed by atoms with Crippen molar-refractivity contribution in [3.05, 3.63) is 24.0 Å². The van der Waals surface area contributed by atoms with Gasteiger partial charge in [0, 0.05) is 41.7 Å². The van der Waals surface area contributed by atoms with Crippen LogP contribution in [0, 0.1) is 5.92 Å². The maximum absolute atomic E-state index is 12.5. The van der Waals surface area contributed by atoms with E-state index in [1.165, 1.54) is 24.0 Å². The number of fused-ring (bicyclic) bond motifs is 3. The van der Waals surface area contributed by atoms with Crippen LogP contribution < -0.4 is 5.32 Å². The molecule has 8 heteroatoms. The second-order valence-electron chi connectivity index (χ2n) is 6.77. The highest BCUT2D eigenvalue weighted by atomic mass is 32.2. The Morgan fingerprint density at radius 3 is 2.96 bits per heavy atom. The summed E-state index contributed by atoms with van der Waals surface area (Å²) >= 11 is 1.18. The van der Waals surface area contributed by atoms with Gasteiger partial charge in [-0.05, 0) is 37.4 Å². The smallest absolute Gasteiger partial charge is 0.270 e. The molecule has 1 unspecified atom stereocenters. The highest BCUT2D eigenvalue weighted by Gasteiger charge is 2.33. The van der Waals surface area contributed by atoms with E-state index in [2.05, 4.69) is 15.2 Å². The number of thiophene rings is 1. The lowest BCUT2D eigenvalue weighted by molar-refractivity contribution is 0.0904. The number of rotatable bonds is 3. The van der Waals surface area contributed by atoms with Gasteiger partial charge in [-0.2, -0.15) is 0 Å². The molecule has 2 fully saturated rings. The van der Waals surface area contributed by atoms with Crippen molar-refractivity contribution < 1.29 is 13.2 Å². The van der Waals surface area contributed by atoms with Crippen LogP contribution in [-0.4, -0.2) is 56.1 Å².